The van der Waals surface area contributed by atoms with Gasteiger partial charge in [0.15, 0.2) is 0 Å². The Kier molecular flexibility index (Phi) is 3.69. The summed E-state index contributed by atoms with van der Waals surface area (Å²) in [4.78, 5) is 4.64. The number of thioether (sulfide) groups is 1. The van der Waals surface area contributed by atoms with Crippen LogP contribution in [0.2, 0.25) is 0 Å². The zero-order chi connectivity index (χ0) is 10.8. The summed E-state index contributed by atoms with van der Waals surface area (Å²) < 4.78 is 0. The van der Waals surface area contributed by atoms with E-state index in [4.69, 9.17) is 5.73 Å². The topological polar surface area (TPSA) is 38.9 Å². The molecule has 1 aromatic rings. The van der Waals surface area contributed by atoms with Gasteiger partial charge in [-0.2, -0.15) is 11.8 Å². The second kappa shape index (κ2) is 4.85. The molecule has 1 aliphatic rings. The van der Waals surface area contributed by atoms with Gasteiger partial charge in [-0.05, 0) is 29.8 Å². The number of aromatic nitrogens is 1. The fourth-order valence-electron chi connectivity index (χ4n) is 1.76. The molecule has 2 atom stereocenters. The Bertz CT molecular complexity index is 316. The minimum Gasteiger partial charge on any atom is -0.322 e. The maximum absolute atomic E-state index is 6.25. The normalized spacial score (nSPS) is 23.6. The molecule has 0 radical (unpaired) electrons. The minimum atomic E-state index is 0.164. The van der Waals surface area contributed by atoms with Crippen molar-refractivity contribution in [3.8, 4) is 0 Å². The van der Waals surface area contributed by atoms with E-state index in [-0.39, 0.29) is 6.04 Å². The van der Waals surface area contributed by atoms with E-state index >= 15 is 0 Å². The van der Waals surface area contributed by atoms with Crippen LogP contribution in [0.5, 0.6) is 0 Å². The van der Waals surface area contributed by atoms with Crippen LogP contribution in [-0.4, -0.2) is 16.5 Å². The maximum atomic E-state index is 6.25. The minimum absolute atomic E-state index is 0.164. The summed E-state index contributed by atoms with van der Waals surface area (Å²) in [6, 6.07) is 0.164. The van der Waals surface area contributed by atoms with Crippen molar-refractivity contribution in [3.05, 3.63) is 16.1 Å². The lowest BCUT2D eigenvalue weighted by Gasteiger charge is -2.15. The Labute approximate surface area is 99.7 Å². The quantitative estimate of drug-likeness (QED) is 0.885. The molecule has 0 bridgehead atoms. The molecule has 4 heteroatoms. The summed E-state index contributed by atoms with van der Waals surface area (Å²) in [6.45, 7) is 4.35. The van der Waals surface area contributed by atoms with E-state index < -0.39 is 0 Å². The lowest BCUT2D eigenvalue weighted by atomic mass is 10.0. The van der Waals surface area contributed by atoms with Crippen molar-refractivity contribution in [1.82, 2.24) is 4.98 Å². The molecule has 2 heterocycles. The van der Waals surface area contributed by atoms with Crippen molar-refractivity contribution in [2.24, 2.45) is 11.7 Å². The summed E-state index contributed by atoms with van der Waals surface area (Å²) in [5.74, 6) is 3.62. The van der Waals surface area contributed by atoms with Crippen LogP contribution in [-0.2, 0) is 0 Å². The summed E-state index contributed by atoms with van der Waals surface area (Å²) in [5, 5.41) is 3.29. The monoisotopic (exact) mass is 242 g/mol. The molecule has 0 aromatic carbocycles. The van der Waals surface area contributed by atoms with Gasteiger partial charge in [-0.3, -0.25) is 0 Å². The van der Waals surface area contributed by atoms with Gasteiger partial charge in [-0.15, -0.1) is 11.3 Å². The maximum Gasteiger partial charge on any atom is 0.110 e. The van der Waals surface area contributed by atoms with Gasteiger partial charge >= 0.3 is 0 Å². The Hall–Kier alpha value is -0.0600. The van der Waals surface area contributed by atoms with Crippen LogP contribution in [0.4, 0.5) is 0 Å². The largest absolute Gasteiger partial charge is 0.322 e. The highest BCUT2D eigenvalue weighted by Gasteiger charge is 2.25. The molecule has 0 amide bonds. The van der Waals surface area contributed by atoms with E-state index in [1.165, 1.54) is 23.6 Å². The van der Waals surface area contributed by atoms with Crippen molar-refractivity contribution in [1.29, 1.82) is 0 Å². The van der Waals surface area contributed by atoms with Crippen LogP contribution < -0.4 is 5.73 Å². The van der Waals surface area contributed by atoms with Crippen molar-refractivity contribution in [2.45, 2.75) is 32.2 Å². The smallest absolute Gasteiger partial charge is 0.110 e. The summed E-state index contributed by atoms with van der Waals surface area (Å²) in [6.07, 6.45) is 1.25. The van der Waals surface area contributed by atoms with Crippen molar-refractivity contribution in [3.63, 3.8) is 0 Å². The average Bonchev–Trinajstić information content (AvgIpc) is 2.88. The third-order valence-electron chi connectivity index (χ3n) is 2.89. The molecular weight excluding hydrogens is 224 g/mol. The van der Waals surface area contributed by atoms with Gasteiger partial charge in [0.2, 0.25) is 0 Å². The van der Waals surface area contributed by atoms with Crippen molar-refractivity contribution >= 4 is 23.1 Å². The predicted molar refractivity (Wildman–Crippen MR) is 68.6 cm³/mol. The van der Waals surface area contributed by atoms with Crippen LogP contribution in [0.15, 0.2) is 5.38 Å². The molecule has 2 unspecified atom stereocenters. The Morgan fingerprint density at radius 2 is 2.33 bits per heavy atom. The lowest BCUT2D eigenvalue weighted by molar-refractivity contribution is 0.479. The lowest BCUT2D eigenvalue weighted by Crippen LogP contribution is -2.21. The number of nitrogens with two attached hydrogens (primary N) is 1. The summed E-state index contributed by atoms with van der Waals surface area (Å²) in [5.41, 5.74) is 7.44. The van der Waals surface area contributed by atoms with E-state index in [0.717, 1.165) is 5.01 Å². The highest BCUT2D eigenvalue weighted by atomic mass is 32.2. The van der Waals surface area contributed by atoms with Gasteiger partial charge in [-0.25, -0.2) is 4.98 Å². The average molecular weight is 242 g/mol. The molecule has 0 saturated carbocycles. The highest BCUT2D eigenvalue weighted by molar-refractivity contribution is 7.99. The SMILES string of the molecule is CC(C)c1csc(C(N)C2CCSC2)n1. The first-order chi connectivity index (χ1) is 7.18. The van der Waals surface area contributed by atoms with E-state index in [1.807, 2.05) is 11.8 Å². The van der Waals surface area contributed by atoms with Gasteiger partial charge in [0.05, 0.1) is 11.7 Å². The standard InChI is InChI=1S/C11H18N2S2/c1-7(2)9-6-15-11(13-9)10(12)8-3-4-14-5-8/h6-8,10H,3-5,12H2,1-2H3. The van der Waals surface area contributed by atoms with Crippen LogP contribution in [0.25, 0.3) is 0 Å². The number of rotatable bonds is 3. The number of nitrogens with zero attached hydrogens (tertiary/aromatic N) is 1. The molecule has 84 valence electrons. The molecular formula is C11H18N2S2. The molecule has 1 saturated heterocycles. The highest BCUT2D eigenvalue weighted by Crippen LogP contribution is 2.34. The van der Waals surface area contributed by atoms with E-state index in [2.05, 4.69) is 24.2 Å². The molecule has 2 nitrogen and oxygen atoms in total. The van der Waals surface area contributed by atoms with Crippen molar-refractivity contribution < 1.29 is 0 Å². The number of hydrogen-bond acceptors (Lipinski definition) is 4. The zero-order valence-electron chi connectivity index (χ0n) is 9.27. The first-order valence-corrected chi connectivity index (χ1v) is 7.50. The van der Waals surface area contributed by atoms with E-state index in [1.54, 1.807) is 11.3 Å². The first-order valence-electron chi connectivity index (χ1n) is 5.47. The fraction of sp³-hybridized carbons (Fsp3) is 0.727. The predicted octanol–water partition coefficient (Wildman–Crippen LogP) is 3.02. The van der Waals surface area contributed by atoms with Crippen LogP contribution >= 0.6 is 23.1 Å². The molecule has 1 aromatic heterocycles. The molecule has 1 aliphatic heterocycles. The Morgan fingerprint density at radius 1 is 1.53 bits per heavy atom. The van der Waals surface area contributed by atoms with Crippen LogP contribution in [0.3, 0.4) is 0 Å². The molecule has 1 fully saturated rings. The molecule has 0 spiro atoms. The van der Waals surface area contributed by atoms with E-state index in [9.17, 15) is 0 Å². The summed E-state index contributed by atoms with van der Waals surface area (Å²) in [7, 11) is 0. The Balaban J connectivity index is 2.07. The number of thiazole rings is 1. The van der Waals surface area contributed by atoms with Gasteiger partial charge in [0, 0.05) is 5.38 Å². The third-order valence-corrected chi connectivity index (χ3v) is 5.04. The van der Waals surface area contributed by atoms with Crippen LogP contribution in [0, 0.1) is 5.92 Å². The fourth-order valence-corrected chi connectivity index (χ4v) is 4.14. The van der Waals surface area contributed by atoms with Gasteiger partial charge in [0.25, 0.3) is 0 Å². The van der Waals surface area contributed by atoms with Crippen molar-refractivity contribution in [2.75, 3.05) is 11.5 Å². The second-order valence-electron chi connectivity index (χ2n) is 4.41. The molecule has 2 N–H and O–H groups in total. The third kappa shape index (κ3) is 2.55. The first kappa shape index (κ1) is 11.4. The molecule has 0 aliphatic carbocycles. The van der Waals surface area contributed by atoms with Gasteiger partial charge in [0.1, 0.15) is 5.01 Å². The molecule has 15 heavy (non-hydrogen) atoms. The van der Waals surface area contributed by atoms with E-state index in [0.29, 0.717) is 11.8 Å². The van der Waals surface area contributed by atoms with Crippen LogP contribution in [0.1, 0.15) is 42.9 Å². The summed E-state index contributed by atoms with van der Waals surface area (Å²) >= 11 is 3.74. The zero-order valence-corrected chi connectivity index (χ0v) is 10.9. The Morgan fingerprint density at radius 3 is 2.87 bits per heavy atom. The number of hydrogen-bond donors (Lipinski definition) is 1. The molecule has 2 rings (SSSR count). The second-order valence-corrected chi connectivity index (χ2v) is 6.45. The van der Waals surface area contributed by atoms with Gasteiger partial charge < -0.3 is 5.73 Å². The van der Waals surface area contributed by atoms with Gasteiger partial charge in [-0.1, -0.05) is 13.8 Å².